The molecule has 2 unspecified atom stereocenters. The molecule has 0 saturated carbocycles. The molecule has 0 bridgehead atoms. The fourth-order valence-corrected chi connectivity index (χ4v) is 3.71. The van der Waals surface area contributed by atoms with Crippen molar-refractivity contribution in [3.8, 4) is 0 Å². The van der Waals surface area contributed by atoms with Crippen molar-refractivity contribution in [2.24, 2.45) is 11.8 Å². The molecule has 0 aromatic rings. The molecule has 2 rings (SSSR count). The molecule has 114 valence electrons. The van der Waals surface area contributed by atoms with Crippen molar-refractivity contribution in [2.45, 2.75) is 65.5 Å². The number of rotatable bonds is 3. The van der Waals surface area contributed by atoms with Gasteiger partial charge in [0.15, 0.2) is 0 Å². The average molecular weight is 277 g/mol. The number of hydrogen-bond donors (Lipinski definition) is 0. The largest absolute Gasteiger partial charge is 0.374 e. The molecule has 2 aliphatic rings. The van der Waals surface area contributed by atoms with E-state index in [0.717, 1.165) is 19.1 Å². The number of hydrogen-bond acceptors (Lipinski definition) is 2. The van der Waals surface area contributed by atoms with Crippen molar-refractivity contribution in [3.05, 3.63) is 23.9 Å². The monoisotopic (exact) mass is 277 g/mol. The predicted octanol–water partition coefficient (Wildman–Crippen LogP) is 4.38. The van der Waals surface area contributed by atoms with Gasteiger partial charge in [0.25, 0.3) is 0 Å². The Hall–Kier alpha value is -0.760. The molecule has 1 heterocycles. The first kappa shape index (κ1) is 15.6. The number of allylic oxidation sites excluding steroid dienone is 4. The molecule has 1 aliphatic heterocycles. The number of piperidine rings is 1. The highest BCUT2D eigenvalue weighted by Gasteiger charge is 2.41. The molecule has 1 aliphatic carbocycles. The summed E-state index contributed by atoms with van der Waals surface area (Å²) in [7, 11) is 0. The lowest BCUT2D eigenvalue weighted by Crippen LogP contribution is -2.53. The zero-order valence-electron chi connectivity index (χ0n) is 14.1. The van der Waals surface area contributed by atoms with E-state index in [1.165, 1.54) is 18.5 Å². The van der Waals surface area contributed by atoms with Crippen molar-refractivity contribution in [1.82, 2.24) is 4.90 Å². The molecular weight excluding hydrogens is 246 g/mol. The molecule has 20 heavy (non-hydrogen) atoms. The number of ether oxygens (including phenoxy) is 1. The Bertz CT molecular complexity index is 400. The molecule has 2 atom stereocenters. The summed E-state index contributed by atoms with van der Waals surface area (Å²) in [4.78, 5) is 2.59. The minimum atomic E-state index is -0.0481. The lowest BCUT2D eigenvalue weighted by atomic mass is 9.72. The van der Waals surface area contributed by atoms with Gasteiger partial charge in [0.2, 0.25) is 0 Å². The van der Waals surface area contributed by atoms with E-state index in [2.05, 4.69) is 64.7 Å². The Kier molecular flexibility index (Phi) is 4.34. The van der Waals surface area contributed by atoms with Gasteiger partial charge in [-0.25, -0.2) is 0 Å². The number of nitrogens with zero attached hydrogens (tertiary/aromatic N) is 1. The van der Waals surface area contributed by atoms with E-state index in [0.29, 0.717) is 5.92 Å². The molecule has 0 aromatic heterocycles. The standard InChI is InChI=1S/C18H31NO/c1-14-13-18(5,6)19(11-12-20-17(2,3)4)16-10-8-7-9-15(14)16/h7-8,10,14-15H,9,11-13H2,1-6H3. The minimum Gasteiger partial charge on any atom is -0.374 e. The first-order valence-electron chi connectivity index (χ1n) is 7.99. The Morgan fingerprint density at radius 3 is 2.70 bits per heavy atom. The molecule has 1 saturated heterocycles. The second kappa shape index (κ2) is 5.55. The lowest BCUT2D eigenvalue weighted by Gasteiger charge is -2.52. The van der Waals surface area contributed by atoms with E-state index in [1.54, 1.807) is 0 Å². The van der Waals surface area contributed by atoms with E-state index in [4.69, 9.17) is 4.74 Å². The van der Waals surface area contributed by atoms with Crippen molar-refractivity contribution in [3.63, 3.8) is 0 Å². The van der Waals surface area contributed by atoms with Crippen molar-refractivity contribution >= 4 is 0 Å². The summed E-state index contributed by atoms with van der Waals surface area (Å²) in [5.74, 6) is 1.46. The fourth-order valence-electron chi connectivity index (χ4n) is 3.71. The van der Waals surface area contributed by atoms with Crippen LogP contribution in [0.1, 0.15) is 54.4 Å². The van der Waals surface area contributed by atoms with Crippen molar-refractivity contribution < 1.29 is 4.74 Å². The molecule has 0 amide bonds. The van der Waals surface area contributed by atoms with Crippen LogP contribution in [-0.4, -0.2) is 29.2 Å². The lowest BCUT2D eigenvalue weighted by molar-refractivity contribution is -0.0313. The molecule has 0 radical (unpaired) electrons. The van der Waals surface area contributed by atoms with Crippen molar-refractivity contribution in [2.75, 3.05) is 13.2 Å². The fraction of sp³-hybridized carbons (Fsp3) is 0.778. The van der Waals surface area contributed by atoms with Crippen LogP contribution in [0, 0.1) is 11.8 Å². The van der Waals surface area contributed by atoms with E-state index in [9.17, 15) is 0 Å². The maximum atomic E-state index is 5.95. The van der Waals surface area contributed by atoms with Gasteiger partial charge in [-0.1, -0.05) is 19.1 Å². The van der Waals surface area contributed by atoms with Crippen LogP contribution in [0.4, 0.5) is 0 Å². The minimum absolute atomic E-state index is 0.0481. The van der Waals surface area contributed by atoms with Gasteiger partial charge in [0.1, 0.15) is 0 Å². The van der Waals surface area contributed by atoms with Crippen LogP contribution in [0.25, 0.3) is 0 Å². The quantitative estimate of drug-likeness (QED) is 0.759. The van der Waals surface area contributed by atoms with Gasteiger partial charge in [-0.05, 0) is 59.5 Å². The summed E-state index contributed by atoms with van der Waals surface area (Å²) < 4.78 is 5.95. The van der Waals surface area contributed by atoms with Crippen LogP contribution >= 0.6 is 0 Å². The third-order valence-corrected chi connectivity index (χ3v) is 4.57. The molecule has 2 heteroatoms. The Labute approximate surface area is 124 Å². The number of likely N-dealkylation sites (tertiary alicyclic amines) is 1. The van der Waals surface area contributed by atoms with E-state index in [1.807, 2.05) is 0 Å². The summed E-state index contributed by atoms with van der Waals surface area (Å²) in [6, 6.07) is 0. The van der Waals surface area contributed by atoms with Crippen LogP contribution in [0.2, 0.25) is 0 Å². The highest BCUT2D eigenvalue weighted by molar-refractivity contribution is 5.25. The Balaban J connectivity index is 2.11. The zero-order chi connectivity index (χ0) is 15.0. The van der Waals surface area contributed by atoms with Gasteiger partial charge in [0.05, 0.1) is 12.2 Å². The molecule has 0 spiro atoms. The molecule has 1 fully saturated rings. The van der Waals surface area contributed by atoms with Gasteiger partial charge < -0.3 is 9.64 Å². The van der Waals surface area contributed by atoms with Crippen LogP contribution in [-0.2, 0) is 4.74 Å². The van der Waals surface area contributed by atoms with E-state index < -0.39 is 0 Å². The van der Waals surface area contributed by atoms with Gasteiger partial charge in [-0.3, -0.25) is 0 Å². The maximum Gasteiger partial charge on any atom is 0.0648 e. The Morgan fingerprint density at radius 2 is 2.05 bits per heavy atom. The van der Waals surface area contributed by atoms with Crippen LogP contribution in [0.5, 0.6) is 0 Å². The van der Waals surface area contributed by atoms with Gasteiger partial charge >= 0.3 is 0 Å². The van der Waals surface area contributed by atoms with Gasteiger partial charge in [-0.15, -0.1) is 0 Å². The van der Waals surface area contributed by atoms with Gasteiger partial charge in [0, 0.05) is 23.7 Å². The SMILES string of the molecule is CC1CC(C)(C)N(CCOC(C)(C)C)C2=CC=CCC21. The third-order valence-electron chi connectivity index (χ3n) is 4.57. The summed E-state index contributed by atoms with van der Waals surface area (Å²) in [5, 5.41) is 0. The second-order valence-corrected chi connectivity index (χ2v) is 7.97. The van der Waals surface area contributed by atoms with Crippen molar-refractivity contribution in [1.29, 1.82) is 0 Å². The first-order valence-corrected chi connectivity index (χ1v) is 7.99. The molecular formula is C18H31NO. The first-order chi connectivity index (χ1) is 9.21. The highest BCUT2D eigenvalue weighted by Crippen LogP contribution is 2.44. The smallest absolute Gasteiger partial charge is 0.0648 e. The molecule has 0 N–H and O–H groups in total. The molecule has 0 aromatic carbocycles. The summed E-state index contributed by atoms with van der Waals surface area (Å²) >= 11 is 0. The van der Waals surface area contributed by atoms with Gasteiger partial charge in [-0.2, -0.15) is 0 Å². The van der Waals surface area contributed by atoms with Crippen LogP contribution in [0.15, 0.2) is 23.9 Å². The normalized spacial score (nSPS) is 29.1. The highest BCUT2D eigenvalue weighted by atomic mass is 16.5. The average Bonchev–Trinajstić information content (AvgIpc) is 2.31. The Morgan fingerprint density at radius 1 is 1.35 bits per heavy atom. The van der Waals surface area contributed by atoms with Crippen LogP contribution < -0.4 is 0 Å². The molecule has 2 nitrogen and oxygen atoms in total. The zero-order valence-corrected chi connectivity index (χ0v) is 14.1. The van der Waals surface area contributed by atoms with Crippen LogP contribution in [0.3, 0.4) is 0 Å². The maximum absolute atomic E-state index is 5.95. The summed E-state index contributed by atoms with van der Waals surface area (Å²) in [6.07, 6.45) is 9.31. The summed E-state index contributed by atoms with van der Waals surface area (Å²) in [6.45, 7) is 15.3. The second-order valence-electron chi connectivity index (χ2n) is 7.97. The predicted molar refractivity (Wildman–Crippen MR) is 85.6 cm³/mol. The third kappa shape index (κ3) is 3.46. The summed E-state index contributed by atoms with van der Waals surface area (Å²) in [5.41, 5.74) is 1.70. The number of fused-ring (bicyclic) bond motifs is 1. The van der Waals surface area contributed by atoms with E-state index in [-0.39, 0.29) is 11.1 Å². The topological polar surface area (TPSA) is 12.5 Å². The van der Waals surface area contributed by atoms with E-state index >= 15 is 0 Å².